The fraction of sp³-hybridized carbons (Fsp3) is 0.333. The summed E-state index contributed by atoms with van der Waals surface area (Å²) in [7, 11) is 0. The van der Waals surface area contributed by atoms with Gasteiger partial charge in [0.25, 0.3) is 0 Å². The van der Waals surface area contributed by atoms with E-state index in [4.69, 9.17) is 9.84 Å². The molecule has 0 saturated heterocycles. The van der Waals surface area contributed by atoms with Gasteiger partial charge in [0.2, 0.25) is 5.91 Å². The number of ether oxygens (including phenoxy) is 1. The third-order valence-electron chi connectivity index (χ3n) is 4.87. The zero-order chi connectivity index (χ0) is 18.5. The fourth-order valence-electron chi connectivity index (χ4n) is 3.31. The van der Waals surface area contributed by atoms with Crippen LogP contribution in [-0.2, 0) is 9.59 Å². The van der Waals surface area contributed by atoms with Crippen LogP contribution in [0.1, 0.15) is 37.8 Å². The Bertz CT molecular complexity index is 757. The maximum atomic E-state index is 12.4. The molecule has 1 aliphatic carbocycles. The van der Waals surface area contributed by atoms with Gasteiger partial charge in [0, 0.05) is 5.92 Å². The molecule has 2 N–H and O–H groups in total. The first-order valence-electron chi connectivity index (χ1n) is 8.89. The summed E-state index contributed by atoms with van der Waals surface area (Å²) in [6.07, 6.45) is 1.64. The highest BCUT2D eigenvalue weighted by atomic mass is 16.5. The van der Waals surface area contributed by atoms with Crippen molar-refractivity contribution in [3.05, 3.63) is 60.2 Å². The number of hydrogen-bond donors (Lipinski definition) is 2. The smallest absolute Gasteiger partial charge is 0.306 e. The van der Waals surface area contributed by atoms with Gasteiger partial charge in [-0.15, -0.1) is 0 Å². The zero-order valence-corrected chi connectivity index (χ0v) is 14.7. The van der Waals surface area contributed by atoms with Crippen LogP contribution in [0.3, 0.4) is 0 Å². The van der Waals surface area contributed by atoms with Crippen molar-refractivity contribution in [1.82, 2.24) is 5.32 Å². The Morgan fingerprint density at radius 1 is 1.00 bits per heavy atom. The number of rotatable bonds is 6. The van der Waals surface area contributed by atoms with Gasteiger partial charge >= 0.3 is 5.97 Å². The van der Waals surface area contributed by atoms with Crippen molar-refractivity contribution in [1.29, 1.82) is 0 Å². The van der Waals surface area contributed by atoms with Gasteiger partial charge in [0.1, 0.15) is 11.5 Å². The SMILES string of the molecule is CC(NC(=O)[C@@H]1CC[C@H](C(=O)O)C1)c1ccc(Oc2ccccc2)cc1. The standard InChI is InChI=1S/C21H23NO4/c1-14(22-20(23)16-7-8-17(13-16)21(24)25)15-9-11-19(12-10-15)26-18-5-3-2-4-6-18/h2-6,9-12,14,16-17H,7-8,13H2,1H3,(H,22,23)(H,24,25)/t14?,16-,17+/m1/s1. The summed E-state index contributed by atoms with van der Waals surface area (Å²) in [4.78, 5) is 23.4. The molecule has 1 amide bonds. The molecule has 1 fully saturated rings. The molecule has 3 atom stereocenters. The lowest BCUT2D eigenvalue weighted by Gasteiger charge is -2.18. The molecule has 0 heterocycles. The first-order valence-corrected chi connectivity index (χ1v) is 8.89. The van der Waals surface area contributed by atoms with Gasteiger partial charge < -0.3 is 15.2 Å². The number of carboxylic acid groups (broad SMARTS) is 1. The number of carbonyl (C=O) groups excluding carboxylic acids is 1. The van der Waals surface area contributed by atoms with Gasteiger partial charge in [-0.1, -0.05) is 30.3 Å². The zero-order valence-electron chi connectivity index (χ0n) is 14.7. The summed E-state index contributed by atoms with van der Waals surface area (Å²) in [5.41, 5.74) is 0.978. The largest absolute Gasteiger partial charge is 0.481 e. The number of benzene rings is 2. The predicted molar refractivity (Wildman–Crippen MR) is 98.0 cm³/mol. The van der Waals surface area contributed by atoms with E-state index in [-0.39, 0.29) is 17.9 Å². The number of para-hydroxylation sites is 1. The maximum absolute atomic E-state index is 12.4. The van der Waals surface area contributed by atoms with Crippen LogP contribution in [-0.4, -0.2) is 17.0 Å². The minimum Gasteiger partial charge on any atom is -0.481 e. The highest BCUT2D eigenvalue weighted by Gasteiger charge is 2.34. The van der Waals surface area contributed by atoms with Crippen LogP contribution in [0, 0.1) is 11.8 Å². The summed E-state index contributed by atoms with van der Waals surface area (Å²) in [6, 6.07) is 17.0. The Morgan fingerprint density at radius 3 is 2.23 bits per heavy atom. The lowest BCUT2D eigenvalue weighted by atomic mass is 10.0. The van der Waals surface area contributed by atoms with E-state index < -0.39 is 11.9 Å². The topological polar surface area (TPSA) is 75.6 Å². The molecule has 1 saturated carbocycles. The van der Waals surface area contributed by atoms with Crippen molar-refractivity contribution in [2.24, 2.45) is 11.8 Å². The number of nitrogens with one attached hydrogen (secondary N) is 1. The minimum atomic E-state index is -0.803. The number of amides is 1. The van der Waals surface area contributed by atoms with Gasteiger partial charge in [-0.05, 0) is 56.0 Å². The molecular weight excluding hydrogens is 330 g/mol. The summed E-state index contributed by atoms with van der Waals surface area (Å²) >= 11 is 0. The van der Waals surface area contributed by atoms with E-state index in [1.807, 2.05) is 61.5 Å². The predicted octanol–water partition coefficient (Wildman–Crippen LogP) is 4.16. The quantitative estimate of drug-likeness (QED) is 0.818. The average molecular weight is 353 g/mol. The molecule has 3 rings (SSSR count). The van der Waals surface area contributed by atoms with Gasteiger partial charge in [0.15, 0.2) is 0 Å². The van der Waals surface area contributed by atoms with E-state index in [0.29, 0.717) is 19.3 Å². The van der Waals surface area contributed by atoms with Crippen molar-refractivity contribution >= 4 is 11.9 Å². The molecule has 1 aliphatic rings. The number of carboxylic acids is 1. The van der Waals surface area contributed by atoms with Crippen molar-refractivity contribution in [2.75, 3.05) is 0 Å². The normalized spacial score (nSPS) is 20.3. The van der Waals surface area contributed by atoms with Gasteiger partial charge in [0.05, 0.1) is 12.0 Å². The van der Waals surface area contributed by atoms with Crippen LogP contribution < -0.4 is 10.1 Å². The molecule has 0 radical (unpaired) electrons. The van der Waals surface area contributed by atoms with E-state index in [2.05, 4.69) is 5.32 Å². The lowest BCUT2D eigenvalue weighted by Crippen LogP contribution is -2.32. The molecule has 0 aliphatic heterocycles. The highest BCUT2D eigenvalue weighted by molar-refractivity contribution is 5.81. The molecular formula is C21H23NO4. The third kappa shape index (κ3) is 4.42. The Labute approximate surface area is 153 Å². The molecule has 5 heteroatoms. The Balaban J connectivity index is 1.55. The lowest BCUT2D eigenvalue weighted by molar-refractivity contribution is -0.141. The summed E-state index contributed by atoms with van der Waals surface area (Å²) in [5.74, 6) is 0.0392. The molecule has 0 aromatic heterocycles. The van der Waals surface area contributed by atoms with Gasteiger partial charge in [-0.2, -0.15) is 0 Å². The second-order valence-electron chi connectivity index (χ2n) is 6.76. The Morgan fingerprint density at radius 2 is 1.62 bits per heavy atom. The monoisotopic (exact) mass is 353 g/mol. The van der Waals surface area contributed by atoms with Crippen molar-refractivity contribution in [3.63, 3.8) is 0 Å². The van der Waals surface area contributed by atoms with E-state index in [1.165, 1.54) is 0 Å². The Hall–Kier alpha value is -2.82. The number of aliphatic carboxylic acids is 1. The van der Waals surface area contributed by atoms with Gasteiger partial charge in [-0.3, -0.25) is 9.59 Å². The molecule has 136 valence electrons. The van der Waals surface area contributed by atoms with Crippen LogP contribution in [0.25, 0.3) is 0 Å². The molecule has 26 heavy (non-hydrogen) atoms. The summed E-state index contributed by atoms with van der Waals surface area (Å²) in [5, 5.41) is 12.1. The van der Waals surface area contributed by atoms with Crippen LogP contribution in [0.15, 0.2) is 54.6 Å². The van der Waals surface area contributed by atoms with E-state index in [1.54, 1.807) is 0 Å². The van der Waals surface area contributed by atoms with Crippen LogP contribution in [0.5, 0.6) is 11.5 Å². The number of hydrogen-bond acceptors (Lipinski definition) is 3. The number of carbonyl (C=O) groups is 2. The van der Waals surface area contributed by atoms with Crippen molar-refractivity contribution < 1.29 is 19.4 Å². The fourth-order valence-corrected chi connectivity index (χ4v) is 3.31. The van der Waals surface area contributed by atoms with Crippen LogP contribution >= 0.6 is 0 Å². The molecule has 0 spiro atoms. The highest BCUT2D eigenvalue weighted by Crippen LogP contribution is 2.32. The first kappa shape index (κ1) is 18.0. The van der Waals surface area contributed by atoms with E-state index in [9.17, 15) is 9.59 Å². The first-order chi connectivity index (χ1) is 12.5. The van der Waals surface area contributed by atoms with Crippen LogP contribution in [0.2, 0.25) is 0 Å². The average Bonchev–Trinajstić information content (AvgIpc) is 3.14. The Kier molecular flexibility index (Phi) is 5.56. The summed E-state index contributed by atoms with van der Waals surface area (Å²) < 4.78 is 5.77. The maximum Gasteiger partial charge on any atom is 0.306 e. The molecule has 0 bridgehead atoms. The minimum absolute atomic E-state index is 0.0640. The molecule has 2 aromatic rings. The van der Waals surface area contributed by atoms with E-state index >= 15 is 0 Å². The van der Waals surface area contributed by atoms with Crippen molar-refractivity contribution in [3.8, 4) is 11.5 Å². The molecule has 2 aromatic carbocycles. The summed E-state index contributed by atoms with van der Waals surface area (Å²) in [6.45, 7) is 1.93. The molecule has 1 unspecified atom stereocenters. The second kappa shape index (κ2) is 8.04. The van der Waals surface area contributed by atoms with Gasteiger partial charge in [-0.25, -0.2) is 0 Å². The van der Waals surface area contributed by atoms with Crippen LogP contribution in [0.4, 0.5) is 0 Å². The van der Waals surface area contributed by atoms with Crippen molar-refractivity contribution in [2.45, 2.75) is 32.2 Å². The second-order valence-corrected chi connectivity index (χ2v) is 6.76. The third-order valence-corrected chi connectivity index (χ3v) is 4.87. The van der Waals surface area contributed by atoms with E-state index in [0.717, 1.165) is 17.1 Å². The molecule has 5 nitrogen and oxygen atoms in total.